The van der Waals surface area contributed by atoms with E-state index in [0.717, 1.165) is 31.0 Å². The molecule has 0 aliphatic carbocycles. The molecule has 0 fully saturated rings. The molecule has 1 heterocycles. The van der Waals surface area contributed by atoms with Crippen molar-refractivity contribution in [1.29, 1.82) is 0 Å². The minimum absolute atomic E-state index is 0.498. The molecule has 0 spiro atoms. The van der Waals surface area contributed by atoms with Gasteiger partial charge >= 0.3 is 0 Å². The van der Waals surface area contributed by atoms with E-state index < -0.39 is 0 Å². The summed E-state index contributed by atoms with van der Waals surface area (Å²) in [7, 11) is 0. The zero-order valence-corrected chi connectivity index (χ0v) is 10.8. The molecule has 1 aromatic rings. The molecular weight excluding hydrogens is 222 g/mol. The van der Waals surface area contributed by atoms with Crippen LogP contribution in [0.2, 0.25) is 5.15 Å². The highest BCUT2D eigenvalue weighted by molar-refractivity contribution is 6.29. The van der Waals surface area contributed by atoms with E-state index in [1.807, 2.05) is 0 Å². The Morgan fingerprint density at radius 2 is 2.19 bits per heavy atom. The van der Waals surface area contributed by atoms with Crippen LogP contribution in [0.1, 0.15) is 33.0 Å². The number of aromatic nitrogens is 2. The summed E-state index contributed by atoms with van der Waals surface area (Å²) in [6.45, 7) is 7.00. The number of rotatable bonds is 5. The van der Waals surface area contributed by atoms with Crippen LogP contribution < -0.4 is 5.32 Å². The molecule has 0 radical (unpaired) electrons. The summed E-state index contributed by atoms with van der Waals surface area (Å²) < 4.78 is 0. The zero-order chi connectivity index (χ0) is 12.0. The number of allylic oxidation sites excluding steroid dienone is 1. The maximum atomic E-state index is 5.92. The molecule has 0 saturated heterocycles. The van der Waals surface area contributed by atoms with E-state index in [-0.39, 0.29) is 0 Å². The molecular formula is C12H18ClN3. The lowest BCUT2D eigenvalue weighted by Crippen LogP contribution is -2.04. The molecule has 1 N–H and O–H groups in total. The fraction of sp³-hybridized carbons (Fsp3) is 0.500. The molecule has 88 valence electrons. The average molecular weight is 240 g/mol. The van der Waals surface area contributed by atoms with Crippen LogP contribution in [0.4, 0.5) is 5.82 Å². The van der Waals surface area contributed by atoms with Crippen molar-refractivity contribution < 1.29 is 0 Å². The van der Waals surface area contributed by atoms with Crippen LogP contribution in [0.3, 0.4) is 0 Å². The summed E-state index contributed by atoms with van der Waals surface area (Å²) in [4.78, 5) is 8.55. The van der Waals surface area contributed by atoms with Gasteiger partial charge in [-0.2, -0.15) is 0 Å². The Hall–Kier alpha value is -1.09. The minimum atomic E-state index is 0.498. The SMILES string of the molecule is CCCc1nc(Cl)cc(NCC=C(C)C)n1. The number of nitrogens with one attached hydrogen (secondary N) is 1. The molecule has 16 heavy (non-hydrogen) atoms. The topological polar surface area (TPSA) is 37.8 Å². The average Bonchev–Trinajstić information content (AvgIpc) is 2.16. The second kappa shape index (κ2) is 6.48. The Morgan fingerprint density at radius 1 is 1.44 bits per heavy atom. The number of aryl methyl sites for hydroxylation is 1. The largest absolute Gasteiger partial charge is 0.366 e. The second-order valence-corrected chi connectivity index (χ2v) is 4.29. The standard InChI is InChI=1S/C12H18ClN3/c1-4-5-11-15-10(13)8-12(16-11)14-7-6-9(2)3/h6,8H,4-5,7H2,1-3H3,(H,14,15,16). The normalized spacial score (nSPS) is 10.0. The fourth-order valence-electron chi connectivity index (χ4n) is 1.25. The van der Waals surface area contributed by atoms with Crippen molar-refractivity contribution in [2.75, 3.05) is 11.9 Å². The van der Waals surface area contributed by atoms with Crippen molar-refractivity contribution in [3.05, 3.63) is 28.7 Å². The Labute approximate surface area is 102 Å². The molecule has 0 aromatic carbocycles. The van der Waals surface area contributed by atoms with E-state index in [1.54, 1.807) is 6.07 Å². The van der Waals surface area contributed by atoms with Crippen molar-refractivity contribution in [3.8, 4) is 0 Å². The van der Waals surface area contributed by atoms with Gasteiger partial charge in [-0.25, -0.2) is 9.97 Å². The van der Waals surface area contributed by atoms with Crippen molar-refractivity contribution in [2.24, 2.45) is 0 Å². The summed E-state index contributed by atoms with van der Waals surface area (Å²) in [6.07, 6.45) is 3.99. The van der Waals surface area contributed by atoms with Crippen LogP contribution in [0.15, 0.2) is 17.7 Å². The molecule has 0 amide bonds. The van der Waals surface area contributed by atoms with Gasteiger partial charge in [0.05, 0.1) is 0 Å². The highest BCUT2D eigenvalue weighted by Crippen LogP contribution is 2.12. The van der Waals surface area contributed by atoms with Crippen molar-refractivity contribution >= 4 is 17.4 Å². The number of hydrogen-bond donors (Lipinski definition) is 1. The maximum Gasteiger partial charge on any atom is 0.134 e. The molecule has 0 aliphatic heterocycles. The third-order valence-corrected chi connectivity index (χ3v) is 2.20. The van der Waals surface area contributed by atoms with Crippen molar-refractivity contribution in [2.45, 2.75) is 33.6 Å². The van der Waals surface area contributed by atoms with Crippen molar-refractivity contribution in [1.82, 2.24) is 9.97 Å². The van der Waals surface area contributed by atoms with Gasteiger partial charge in [0.25, 0.3) is 0 Å². The van der Waals surface area contributed by atoms with E-state index in [2.05, 4.69) is 42.1 Å². The van der Waals surface area contributed by atoms with Gasteiger partial charge in [-0.3, -0.25) is 0 Å². The predicted molar refractivity (Wildman–Crippen MR) is 69.0 cm³/mol. The van der Waals surface area contributed by atoms with Gasteiger partial charge in [-0.1, -0.05) is 30.2 Å². The molecule has 4 heteroatoms. The lowest BCUT2D eigenvalue weighted by atomic mass is 10.3. The molecule has 0 bridgehead atoms. The van der Waals surface area contributed by atoms with E-state index in [1.165, 1.54) is 5.57 Å². The van der Waals surface area contributed by atoms with Crippen LogP contribution in [0.25, 0.3) is 0 Å². The molecule has 0 atom stereocenters. The first-order chi connectivity index (χ1) is 7.61. The monoisotopic (exact) mass is 239 g/mol. The summed E-state index contributed by atoms with van der Waals surface area (Å²) in [5.74, 6) is 1.59. The summed E-state index contributed by atoms with van der Waals surface area (Å²) in [6, 6.07) is 1.75. The van der Waals surface area contributed by atoms with E-state index in [9.17, 15) is 0 Å². The molecule has 1 aromatic heterocycles. The van der Waals surface area contributed by atoms with Crippen molar-refractivity contribution in [3.63, 3.8) is 0 Å². The van der Waals surface area contributed by atoms with E-state index >= 15 is 0 Å². The molecule has 1 rings (SSSR count). The molecule has 0 unspecified atom stereocenters. The van der Waals surface area contributed by atoms with Gasteiger partial charge in [-0.15, -0.1) is 0 Å². The molecule has 0 aliphatic rings. The third kappa shape index (κ3) is 4.62. The Bertz CT molecular complexity index is 371. The predicted octanol–water partition coefficient (Wildman–Crippen LogP) is 3.46. The van der Waals surface area contributed by atoms with Gasteiger partial charge in [0.2, 0.25) is 0 Å². The Morgan fingerprint density at radius 3 is 2.81 bits per heavy atom. The number of hydrogen-bond acceptors (Lipinski definition) is 3. The molecule has 0 saturated carbocycles. The summed E-state index contributed by atoms with van der Waals surface area (Å²) in [5.41, 5.74) is 1.28. The fourth-order valence-corrected chi connectivity index (χ4v) is 1.45. The second-order valence-electron chi connectivity index (χ2n) is 3.90. The smallest absolute Gasteiger partial charge is 0.134 e. The zero-order valence-electron chi connectivity index (χ0n) is 10.0. The summed E-state index contributed by atoms with van der Waals surface area (Å²) in [5, 5.41) is 3.70. The van der Waals surface area contributed by atoms with Gasteiger partial charge in [0, 0.05) is 19.0 Å². The first-order valence-electron chi connectivity index (χ1n) is 5.52. The van der Waals surface area contributed by atoms with E-state index in [4.69, 9.17) is 11.6 Å². The number of nitrogens with zero attached hydrogens (tertiary/aromatic N) is 2. The molecule has 3 nitrogen and oxygen atoms in total. The lowest BCUT2D eigenvalue weighted by Gasteiger charge is -2.05. The minimum Gasteiger partial charge on any atom is -0.366 e. The Balaban J connectivity index is 2.68. The number of halogens is 1. The van der Waals surface area contributed by atoms with E-state index in [0.29, 0.717) is 5.15 Å². The van der Waals surface area contributed by atoms with Gasteiger partial charge in [-0.05, 0) is 20.3 Å². The van der Waals surface area contributed by atoms with Crippen LogP contribution in [-0.4, -0.2) is 16.5 Å². The van der Waals surface area contributed by atoms with Crippen LogP contribution >= 0.6 is 11.6 Å². The lowest BCUT2D eigenvalue weighted by molar-refractivity contribution is 0.835. The number of anilines is 1. The first kappa shape index (κ1) is 13.0. The maximum absolute atomic E-state index is 5.92. The highest BCUT2D eigenvalue weighted by atomic mass is 35.5. The van der Waals surface area contributed by atoms with Gasteiger partial charge in [0.1, 0.15) is 16.8 Å². The summed E-state index contributed by atoms with van der Waals surface area (Å²) >= 11 is 5.92. The Kier molecular flexibility index (Phi) is 5.26. The van der Waals surface area contributed by atoms with Crippen LogP contribution in [0, 0.1) is 0 Å². The van der Waals surface area contributed by atoms with Crippen LogP contribution in [-0.2, 0) is 6.42 Å². The first-order valence-corrected chi connectivity index (χ1v) is 5.90. The highest BCUT2D eigenvalue weighted by Gasteiger charge is 2.01. The van der Waals surface area contributed by atoms with Gasteiger partial charge < -0.3 is 5.32 Å². The van der Waals surface area contributed by atoms with Crippen LogP contribution in [0.5, 0.6) is 0 Å². The van der Waals surface area contributed by atoms with Gasteiger partial charge in [0.15, 0.2) is 0 Å². The third-order valence-electron chi connectivity index (χ3n) is 2.01. The quantitative estimate of drug-likeness (QED) is 0.632.